The van der Waals surface area contributed by atoms with Crippen LogP contribution in [-0.4, -0.2) is 36.2 Å². The molecule has 2 N–H and O–H groups in total. The summed E-state index contributed by atoms with van der Waals surface area (Å²) in [6, 6.07) is 0. The Balaban J connectivity index is 2.38. The molecule has 5 nitrogen and oxygen atoms in total. The lowest BCUT2D eigenvalue weighted by Crippen LogP contribution is -2.46. The van der Waals surface area contributed by atoms with E-state index in [0.717, 1.165) is 19.3 Å². The highest BCUT2D eigenvalue weighted by atomic mass is 16.5. The molecule has 1 rings (SSSR count). The fourth-order valence-corrected chi connectivity index (χ4v) is 1.77. The van der Waals surface area contributed by atoms with E-state index in [-0.39, 0.29) is 18.1 Å². The van der Waals surface area contributed by atoms with Crippen molar-refractivity contribution in [1.82, 2.24) is 5.32 Å². The van der Waals surface area contributed by atoms with Crippen molar-refractivity contribution in [3.63, 3.8) is 0 Å². The summed E-state index contributed by atoms with van der Waals surface area (Å²) in [5, 5.41) is 11.6. The monoisotopic (exact) mass is 243 g/mol. The Bertz CT molecular complexity index is 302. The lowest BCUT2D eigenvalue weighted by Gasteiger charge is -2.40. The number of rotatable bonds is 6. The highest BCUT2D eigenvalue weighted by molar-refractivity contribution is 5.79. The molecule has 1 fully saturated rings. The Kier molecular flexibility index (Phi) is 4.14. The van der Waals surface area contributed by atoms with Crippen molar-refractivity contribution in [2.24, 2.45) is 5.41 Å². The SMILES string of the molecule is COC1(CC(=O)NCC(C)(C)C(=O)O)CCC1. The topological polar surface area (TPSA) is 75.6 Å². The Morgan fingerprint density at radius 1 is 1.41 bits per heavy atom. The predicted molar refractivity (Wildman–Crippen MR) is 62.6 cm³/mol. The van der Waals surface area contributed by atoms with Crippen LogP contribution in [0.1, 0.15) is 39.5 Å². The molecule has 0 spiro atoms. The van der Waals surface area contributed by atoms with Gasteiger partial charge in [0.1, 0.15) is 0 Å². The van der Waals surface area contributed by atoms with Crippen LogP contribution in [0.2, 0.25) is 0 Å². The molecule has 0 bridgehead atoms. The minimum atomic E-state index is -0.935. The van der Waals surface area contributed by atoms with Gasteiger partial charge < -0.3 is 15.2 Å². The van der Waals surface area contributed by atoms with E-state index in [4.69, 9.17) is 9.84 Å². The molecule has 98 valence electrons. The first-order valence-electron chi connectivity index (χ1n) is 5.87. The fraction of sp³-hybridized carbons (Fsp3) is 0.833. The molecule has 17 heavy (non-hydrogen) atoms. The summed E-state index contributed by atoms with van der Waals surface area (Å²) < 4.78 is 5.35. The zero-order valence-corrected chi connectivity index (χ0v) is 10.7. The van der Waals surface area contributed by atoms with E-state index in [0.29, 0.717) is 6.42 Å². The van der Waals surface area contributed by atoms with Crippen LogP contribution in [0.4, 0.5) is 0 Å². The van der Waals surface area contributed by atoms with Crippen LogP contribution in [0.25, 0.3) is 0 Å². The van der Waals surface area contributed by atoms with Gasteiger partial charge in [-0.1, -0.05) is 0 Å². The second-order valence-corrected chi connectivity index (χ2v) is 5.38. The summed E-state index contributed by atoms with van der Waals surface area (Å²) in [6.07, 6.45) is 3.21. The number of hydrogen-bond donors (Lipinski definition) is 2. The Morgan fingerprint density at radius 3 is 2.35 bits per heavy atom. The predicted octanol–water partition coefficient (Wildman–Crippen LogP) is 1.17. The first-order valence-corrected chi connectivity index (χ1v) is 5.87. The van der Waals surface area contributed by atoms with Crippen LogP contribution in [-0.2, 0) is 14.3 Å². The van der Waals surface area contributed by atoms with E-state index < -0.39 is 11.4 Å². The number of carboxylic acids is 1. The standard InChI is InChI=1S/C12H21NO4/c1-11(2,10(15)16)8-13-9(14)7-12(17-3)5-4-6-12/h4-8H2,1-3H3,(H,13,14)(H,15,16). The lowest BCUT2D eigenvalue weighted by molar-refractivity contribution is -0.147. The number of aliphatic carboxylic acids is 1. The Labute approximate surface area is 102 Å². The molecule has 1 saturated carbocycles. The van der Waals surface area contributed by atoms with E-state index in [1.165, 1.54) is 0 Å². The van der Waals surface area contributed by atoms with Crippen LogP contribution in [0.15, 0.2) is 0 Å². The van der Waals surface area contributed by atoms with Crippen molar-refractivity contribution < 1.29 is 19.4 Å². The van der Waals surface area contributed by atoms with Crippen molar-refractivity contribution in [2.75, 3.05) is 13.7 Å². The van der Waals surface area contributed by atoms with Gasteiger partial charge in [-0.25, -0.2) is 0 Å². The third-order valence-electron chi connectivity index (χ3n) is 3.49. The molecular weight excluding hydrogens is 222 g/mol. The van der Waals surface area contributed by atoms with E-state index in [2.05, 4.69) is 5.32 Å². The maximum atomic E-state index is 11.7. The van der Waals surface area contributed by atoms with Crippen molar-refractivity contribution in [3.05, 3.63) is 0 Å². The minimum absolute atomic E-state index is 0.138. The molecule has 0 aromatic heterocycles. The summed E-state index contributed by atoms with van der Waals surface area (Å²) in [5.74, 6) is -1.05. The second kappa shape index (κ2) is 5.04. The number of amides is 1. The number of carboxylic acid groups (broad SMARTS) is 1. The summed E-state index contributed by atoms with van der Waals surface area (Å²) >= 11 is 0. The number of carbonyl (C=O) groups excluding carboxylic acids is 1. The molecule has 1 aliphatic rings. The number of ether oxygens (including phenoxy) is 1. The third-order valence-corrected chi connectivity index (χ3v) is 3.49. The molecule has 0 aromatic carbocycles. The smallest absolute Gasteiger partial charge is 0.310 e. The highest BCUT2D eigenvalue weighted by Gasteiger charge is 2.39. The van der Waals surface area contributed by atoms with Gasteiger partial charge in [0.05, 0.1) is 17.4 Å². The lowest BCUT2D eigenvalue weighted by atomic mass is 9.77. The number of methoxy groups -OCH3 is 1. The molecule has 1 aliphatic carbocycles. The maximum absolute atomic E-state index is 11.7. The number of carbonyl (C=O) groups is 2. The van der Waals surface area contributed by atoms with Gasteiger partial charge in [-0.2, -0.15) is 0 Å². The van der Waals surface area contributed by atoms with Crippen molar-refractivity contribution in [2.45, 2.75) is 45.1 Å². The summed E-state index contributed by atoms with van der Waals surface area (Å²) in [7, 11) is 1.62. The summed E-state index contributed by atoms with van der Waals surface area (Å²) in [4.78, 5) is 22.6. The summed E-state index contributed by atoms with van der Waals surface area (Å²) in [5.41, 5.74) is -1.24. The van der Waals surface area contributed by atoms with Gasteiger partial charge in [-0.3, -0.25) is 9.59 Å². The highest BCUT2D eigenvalue weighted by Crippen LogP contribution is 2.37. The van der Waals surface area contributed by atoms with Gasteiger partial charge in [0.25, 0.3) is 0 Å². The van der Waals surface area contributed by atoms with E-state index in [1.807, 2.05) is 0 Å². The van der Waals surface area contributed by atoms with Crippen molar-refractivity contribution in [3.8, 4) is 0 Å². The number of nitrogens with one attached hydrogen (secondary N) is 1. The van der Waals surface area contributed by atoms with Crippen LogP contribution in [0.5, 0.6) is 0 Å². The average Bonchev–Trinajstić information content (AvgIpc) is 2.20. The van der Waals surface area contributed by atoms with Gasteiger partial charge >= 0.3 is 5.97 Å². The normalized spacial score (nSPS) is 18.3. The Morgan fingerprint density at radius 2 is 2.00 bits per heavy atom. The zero-order valence-electron chi connectivity index (χ0n) is 10.7. The average molecular weight is 243 g/mol. The molecule has 0 atom stereocenters. The fourth-order valence-electron chi connectivity index (χ4n) is 1.77. The molecular formula is C12H21NO4. The minimum Gasteiger partial charge on any atom is -0.481 e. The number of hydrogen-bond acceptors (Lipinski definition) is 3. The molecule has 0 radical (unpaired) electrons. The van der Waals surface area contributed by atoms with E-state index in [9.17, 15) is 9.59 Å². The molecule has 5 heteroatoms. The third kappa shape index (κ3) is 3.43. The maximum Gasteiger partial charge on any atom is 0.310 e. The van der Waals surface area contributed by atoms with E-state index >= 15 is 0 Å². The van der Waals surface area contributed by atoms with Crippen molar-refractivity contribution >= 4 is 11.9 Å². The molecule has 1 amide bonds. The Hall–Kier alpha value is -1.10. The largest absolute Gasteiger partial charge is 0.481 e. The zero-order chi connectivity index (χ0) is 13.1. The van der Waals surface area contributed by atoms with Crippen LogP contribution >= 0.6 is 0 Å². The van der Waals surface area contributed by atoms with Crippen molar-refractivity contribution in [1.29, 1.82) is 0 Å². The second-order valence-electron chi connectivity index (χ2n) is 5.38. The first-order chi connectivity index (χ1) is 7.81. The molecule has 0 aliphatic heterocycles. The molecule has 0 saturated heterocycles. The van der Waals surface area contributed by atoms with Gasteiger partial charge in [-0.05, 0) is 33.1 Å². The van der Waals surface area contributed by atoms with Gasteiger partial charge in [0.15, 0.2) is 0 Å². The first kappa shape index (κ1) is 14.0. The van der Waals surface area contributed by atoms with Gasteiger partial charge in [-0.15, -0.1) is 0 Å². The van der Waals surface area contributed by atoms with Gasteiger partial charge in [0, 0.05) is 13.7 Å². The van der Waals surface area contributed by atoms with Gasteiger partial charge in [0.2, 0.25) is 5.91 Å². The summed E-state index contributed by atoms with van der Waals surface area (Å²) in [6.45, 7) is 3.32. The quantitative estimate of drug-likeness (QED) is 0.734. The van der Waals surface area contributed by atoms with Crippen LogP contribution in [0.3, 0.4) is 0 Å². The van der Waals surface area contributed by atoms with E-state index in [1.54, 1.807) is 21.0 Å². The van der Waals surface area contributed by atoms with Crippen LogP contribution in [0, 0.1) is 5.41 Å². The van der Waals surface area contributed by atoms with Crippen LogP contribution < -0.4 is 5.32 Å². The molecule has 0 heterocycles. The molecule has 0 unspecified atom stereocenters. The molecule has 0 aromatic rings.